The number of aryl methyl sites for hydroxylation is 1. The molecule has 1 N–H and O–H groups in total. The second-order valence-electron chi connectivity index (χ2n) is 5.46. The van der Waals surface area contributed by atoms with Crippen LogP contribution in [0, 0.1) is 0 Å². The first kappa shape index (κ1) is 17.1. The molecule has 1 aromatic heterocycles. The maximum Gasteiger partial charge on any atom is 0.226 e. The topological polar surface area (TPSA) is 64.0 Å². The predicted molar refractivity (Wildman–Crippen MR) is 99.5 cm³/mol. The van der Waals surface area contributed by atoms with E-state index in [1.54, 1.807) is 53.5 Å². The highest BCUT2D eigenvalue weighted by Gasteiger charge is 2.14. The van der Waals surface area contributed by atoms with Crippen LogP contribution in [0.5, 0.6) is 0 Å². The molecule has 5 nitrogen and oxygen atoms in total. The molecule has 0 saturated carbocycles. The van der Waals surface area contributed by atoms with Gasteiger partial charge in [0.05, 0.1) is 16.4 Å². The number of anilines is 1. The molecule has 3 aromatic rings. The summed E-state index contributed by atoms with van der Waals surface area (Å²) >= 11 is 3.32. The Morgan fingerprint density at radius 3 is 2.48 bits per heavy atom. The minimum atomic E-state index is -0.167. The van der Waals surface area contributed by atoms with E-state index >= 15 is 0 Å². The number of aromatic nitrogens is 2. The molecule has 1 amide bonds. The third kappa shape index (κ3) is 4.42. The van der Waals surface area contributed by atoms with Crippen molar-refractivity contribution in [2.45, 2.75) is 13.0 Å². The van der Waals surface area contributed by atoms with Gasteiger partial charge in [-0.25, -0.2) is 0 Å². The number of nitrogens with zero attached hydrogens (tertiary/aromatic N) is 2. The highest BCUT2D eigenvalue weighted by atomic mass is 79.9. The van der Waals surface area contributed by atoms with Crippen LogP contribution >= 0.6 is 15.9 Å². The summed E-state index contributed by atoms with van der Waals surface area (Å²) in [5, 5.41) is 6.94. The van der Waals surface area contributed by atoms with Crippen molar-refractivity contribution in [2.24, 2.45) is 0 Å². The molecule has 0 atom stereocenters. The number of ketones is 1. The molecule has 25 heavy (non-hydrogen) atoms. The normalized spacial score (nSPS) is 10.4. The Balaban J connectivity index is 1.70. The molecule has 0 spiro atoms. The summed E-state index contributed by atoms with van der Waals surface area (Å²) in [6.45, 7) is 0.465. The zero-order chi connectivity index (χ0) is 17.6. The minimum Gasteiger partial charge on any atom is -0.325 e. The Labute approximate surface area is 153 Å². The highest BCUT2D eigenvalue weighted by molar-refractivity contribution is 9.10. The number of para-hydroxylation sites is 1. The third-order valence-corrected chi connectivity index (χ3v) is 4.06. The van der Waals surface area contributed by atoms with Crippen LogP contribution in [0.4, 0.5) is 5.69 Å². The van der Waals surface area contributed by atoms with Gasteiger partial charge in [-0.05, 0) is 28.1 Å². The Morgan fingerprint density at radius 1 is 1.04 bits per heavy atom. The lowest BCUT2D eigenvalue weighted by molar-refractivity contribution is -0.116. The molecule has 0 aliphatic heterocycles. The zero-order valence-electron chi connectivity index (χ0n) is 13.4. The Bertz CT molecular complexity index is 890. The molecule has 6 heteroatoms. The van der Waals surface area contributed by atoms with Gasteiger partial charge in [0, 0.05) is 30.3 Å². The molecule has 0 unspecified atom stereocenters. The number of carbonyl (C=O) groups is 2. The lowest BCUT2D eigenvalue weighted by Gasteiger charge is -2.10. The first-order valence-electron chi connectivity index (χ1n) is 7.80. The monoisotopic (exact) mass is 397 g/mol. The van der Waals surface area contributed by atoms with Crippen molar-refractivity contribution in [3.8, 4) is 0 Å². The van der Waals surface area contributed by atoms with Gasteiger partial charge in [-0.2, -0.15) is 5.10 Å². The van der Waals surface area contributed by atoms with Crippen molar-refractivity contribution in [1.29, 1.82) is 0 Å². The number of rotatable bonds is 6. The van der Waals surface area contributed by atoms with Gasteiger partial charge in [-0.3, -0.25) is 14.3 Å². The molecule has 126 valence electrons. The van der Waals surface area contributed by atoms with Crippen LogP contribution in [-0.2, 0) is 11.3 Å². The van der Waals surface area contributed by atoms with E-state index < -0.39 is 0 Å². The van der Waals surface area contributed by atoms with Gasteiger partial charge >= 0.3 is 0 Å². The molecule has 0 fully saturated rings. The lowest BCUT2D eigenvalue weighted by Crippen LogP contribution is -2.17. The molecule has 0 aliphatic rings. The van der Waals surface area contributed by atoms with Gasteiger partial charge in [0.15, 0.2) is 5.78 Å². The van der Waals surface area contributed by atoms with Crippen LogP contribution in [0.25, 0.3) is 0 Å². The van der Waals surface area contributed by atoms with E-state index in [1.807, 2.05) is 18.2 Å². The maximum absolute atomic E-state index is 12.7. The fraction of sp³-hybridized carbons (Fsp3) is 0.105. The molecular formula is C19H16BrN3O2. The Morgan fingerprint density at radius 2 is 1.76 bits per heavy atom. The molecule has 0 bridgehead atoms. The third-order valence-electron chi connectivity index (χ3n) is 3.65. The molecule has 1 heterocycles. The number of hydrogen-bond acceptors (Lipinski definition) is 3. The average Bonchev–Trinajstić information content (AvgIpc) is 3.06. The summed E-state index contributed by atoms with van der Waals surface area (Å²) in [6, 6.07) is 16.0. The minimum absolute atomic E-state index is 0.118. The number of halogens is 1. The van der Waals surface area contributed by atoms with Crippen LogP contribution in [0.15, 0.2) is 71.5 Å². The van der Waals surface area contributed by atoms with E-state index in [9.17, 15) is 9.59 Å². The second kappa shape index (κ2) is 7.90. The first-order chi connectivity index (χ1) is 12.1. The summed E-state index contributed by atoms with van der Waals surface area (Å²) in [6.07, 6.45) is 3.74. The van der Waals surface area contributed by atoms with E-state index in [0.717, 1.165) is 4.47 Å². The van der Waals surface area contributed by atoms with E-state index in [-0.39, 0.29) is 18.1 Å². The quantitative estimate of drug-likeness (QED) is 0.641. The number of carbonyl (C=O) groups excluding carboxylic acids is 2. The summed E-state index contributed by atoms with van der Waals surface area (Å²) in [5.41, 5.74) is 1.58. The van der Waals surface area contributed by atoms with Gasteiger partial charge in [0.1, 0.15) is 0 Å². The maximum atomic E-state index is 12.7. The summed E-state index contributed by atoms with van der Waals surface area (Å²) < 4.78 is 2.55. The molecular weight excluding hydrogens is 382 g/mol. The zero-order valence-corrected chi connectivity index (χ0v) is 14.9. The van der Waals surface area contributed by atoms with E-state index in [0.29, 0.717) is 23.4 Å². The average molecular weight is 398 g/mol. The van der Waals surface area contributed by atoms with Crippen molar-refractivity contribution in [1.82, 2.24) is 9.78 Å². The van der Waals surface area contributed by atoms with Crippen LogP contribution in [0.1, 0.15) is 22.3 Å². The lowest BCUT2D eigenvalue weighted by atomic mass is 10.0. The van der Waals surface area contributed by atoms with Crippen molar-refractivity contribution in [3.63, 3.8) is 0 Å². The Hall–Kier alpha value is -2.73. The standard InChI is InChI=1S/C19H16BrN3O2/c20-15-12-21-23(13-15)11-10-18(24)22-17-9-5-4-8-16(17)19(25)14-6-2-1-3-7-14/h1-9,12-13H,10-11H2,(H,22,24). The van der Waals surface area contributed by atoms with E-state index in [1.165, 1.54) is 0 Å². The predicted octanol–water partition coefficient (Wildman–Crippen LogP) is 3.91. The van der Waals surface area contributed by atoms with Crippen molar-refractivity contribution in [3.05, 3.63) is 82.6 Å². The van der Waals surface area contributed by atoms with Gasteiger partial charge in [0.25, 0.3) is 0 Å². The van der Waals surface area contributed by atoms with Gasteiger partial charge < -0.3 is 5.32 Å². The SMILES string of the molecule is O=C(CCn1cc(Br)cn1)Nc1ccccc1C(=O)c1ccccc1. The van der Waals surface area contributed by atoms with Crippen molar-refractivity contribution >= 4 is 33.3 Å². The van der Waals surface area contributed by atoms with Crippen molar-refractivity contribution in [2.75, 3.05) is 5.32 Å². The summed E-state index contributed by atoms with van der Waals surface area (Å²) in [7, 11) is 0. The fourth-order valence-corrected chi connectivity index (χ4v) is 2.75. The fourth-order valence-electron chi connectivity index (χ4n) is 2.42. The smallest absolute Gasteiger partial charge is 0.226 e. The molecule has 3 rings (SSSR count). The van der Waals surface area contributed by atoms with Crippen LogP contribution in [0.3, 0.4) is 0 Å². The highest BCUT2D eigenvalue weighted by Crippen LogP contribution is 2.19. The van der Waals surface area contributed by atoms with Crippen LogP contribution in [0.2, 0.25) is 0 Å². The first-order valence-corrected chi connectivity index (χ1v) is 8.59. The number of amides is 1. The molecule has 0 saturated heterocycles. The molecule has 0 aliphatic carbocycles. The van der Waals surface area contributed by atoms with Crippen LogP contribution in [-0.4, -0.2) is 21.5 Å². The number of benzene rings is 2. The van der Waals surface area contributed by atoms with Gasteiger partial charge in [-0.15, -0.1) is 0 Å². The van der Waals surface area contributed by atoms with Gasteiger partial charge in [-0.1, -0.05) is 42.5 Å². The molecule has 0 radical (unpaired) electrons. The van der Waals surface area contributed by atoms with E-state index in [4.69, 9.17) is 0 Å². The van der Waals surface area contributed by atoms with Gasteiger partial charge in [0.2, 0.25) is 5.91 Å². The second-order valence-corrected chi connectivity index (χ2v) is 6.38. The van der Waals surface area contributed by atoms with Crippen molar-refractivity contribution < 1.29 is 9.59 Å². The summed E-state index contributed by atoms with van der Waals surface area (Å²) in [5.74, 6) is -0.285. The molecule has 2 aromatic carbocycles. The number of hydrogen-bond donors (Lipinski definition) is 1. The Kier molecular flexibility index (Phi) is 5.40. The van der Waals surface area contributed by atoms with E-state index in [2.05, 4.69) is 26.3 Å². The summed E-state index contributed by atoms with van der Waals surface area (Å²) in [4.78, 5) is 24.9. The number of nitrogens with one attached hydrogen (secondary N) is 1. The largest absolute Gasteiger partial charge is 0.325 e. The van der Waals surface area contributed by atoms with Crippen LogP contribution < -0.4 is 5.32 Å².